The summed E-state index contributed by atoms with van der Waals surface area (Å²) in [6.07, 6.45) is 0. The summed E-state index contributed by atoms with van der Waals surface area (Å²) >= 11 is 0. The Bertz CT molecular complexity index is 575. The average Bonchev–Trinajstić information content (AvgIpc) is 2.27. The number of phenolic OH excluding ortho intramolecular Hbond substituents is 1. The molecule has 0 aliphatic rings. The molecule has 0 fully saturated rings. The van der Waals surface area contributed by atoms with E-state index in [1.54, 1.807) is 0 Å². The molecule has 1 aromatic carbocycles. The monoisotopic (exact) mass is 238 g/mol. The van der Waals surface area contributed by atoms with Gasteiger partial charge in [0.25, 0.3) is 5.69 Å². The molecule has 1 N–H and O–H groups in total. The number of nitro benzene ring substituents is 2. The Kier molecular flexibility index (Phi) is 2.95. The summed E-state index contributed by atoms with van der Waals surface area (Å²) < 4.78 is 0. The third-order valence-corrected chi connectivity index (χ3v) is 1.82. The van der Waals surface area contributed by atoms with Gasteiger partial charge in [-0.1, -0.05) is 0 Å². The Morgan fingerprint density at radius 2 is 1.94 bits per heavy atom. The second kappa shape index (κ2) is 4.19. The van der Waals surface area contributed by atoms with Crippen molar-refractivity contribution in [1.82, 2.24) is 0 Å². The molecular weight excluding hydrogens is 236 g/mol. The van der Waals surface area contributed by atoms with Gasteiger partial charge in [-0.15, -0.1) is 4.91 Å². The van der Waals surface area contributed by atoms with Gasteiger partial charge < -0.3 is 5.11 Å². The molecule has 1 rings (SSSR count). The van der Waals surface area contributed by atoms with Crippen LogP contribution >= 0.6 is 0 Å². The first-order valence-corrected chi connectivity index (χ1v) is 3.86. The van der Waals surface area contributed by atoms with Crippen LogP contribution in [0.25, 0.3) is 0 Å². The quantitative estimate of drug-likeness (QED) is 0.473. The first kappa shape index (κ1) is 12.0. The molecule has 17 heavy (non-hydrogen) atoms. The number of benzene rings is 1. The number of nitrogens with zero attached hydrogens (tertiary/aromatic N) is 4. The standard InChI is InChI=1S/C7H2N4O6/c8-2-3-5(10(14)15)1-4(9-13)7(12)6(3)11(16)17/h1,12H. The Hall–Kier alpha value is -3.09. The van der Waals surface area contributed by atoms with Crippen molar-refractivity contribution in [2.24, 2.45) is 5.18 Å². The second-order valence-electron chi connectivity index (χ2n) is 2.70. The summed E-state index contributed by atoms with van der Waals surface area (Å²) in [5.41, 5.74) is -3.99. The van der Waals surface area contributed by atoms with Crippen molar-refractivity contribution in [3.63, 3.8) is 0 Å². The van der Waals surface area contributed by atoms with Crippen molar-refractivity contribution in [3.8, 4) is 11.8 Å². The number of phenols is 1. The van der Waals surface area contributed by atoms with Crippen LogP contribution in [0.15, 0.2) is 11.2 Å². The van der Waals surface area contributed by atoms with Crippen molar-refractivity contribution < 1.29 is 15.0 Å². The van der Waals surface area contributed by atoms with Crippen LogP contribution in [0.3, 0.4) is 0 Å². The van der Waals surface area contributed by atoms with Crippen LogP contribution in [0.2, 0.25) is 0 Å². The van der Waals surface area contributed by atoms with E-state index in [-0.39, 0.29) is 0 Å². The Morgan fingerprint density at radius 3 is 2.29 bits per heavy atom. The van der Waals surface area contributed by atoms with Crippen LogP contribution < -0.4 is 0 Å². The number of hydrogen-bond donors (Lipinski definition) is 1. The van der Waals surface area contributed by atoms with Gasteiger partial charge >= 0.3 is 5.69 Å². The molecule has 0 saturated heterocycles. The van der Waals surface area contributed by atoms with E-state index in [1.165, 1.54) is 6.07 Å². The fraction of sp³-hybridized carbons (Fsp3) is 0. The maximum Gasteiger partial charge on any atom is 0.337 e. The van der Waals surface area contributed by atoms with E-state index in [4.69, 9.17) is 5.26 Å². The molecule has 0 radical (unpaired) electrons. The van der Waals surface area contributed by atoms with E-state index in [9.17, 15) is 30.2 Å². The zero-order valence-electron chi connectivity index (χ0n) is 7.85. The molecule has 10 heteroatoms. The highest BCUT2D eigenvalue weighted by molar-refractivity contribution is 5.75. The van der Waals surface area contributed by atoms with Crippen molar-refractivity contribution in [2.45, 2.75) is 0 Å². The zero-order valence-corrected chi connectivity index (χ0v) is 7.85. The Labute approximate surface area is 92.0 Å². The zero-order chi connectivity index (χ0) is 13.2. The lowest BCUT2D eigenvalue weighted by atomic mass is 10.1. The Balaban J connectivity index is 3.84. The fourth-order valence-electron chi connectivity index (χ4n) is 1.13. The van der Waals surface area contributed by atoms with Crippen LogP contribution in [0.5, 0.6) is 5.75 Å². The SMILES string of the molecule is N#Cc1c([N+](=O)[O-])cc(N=O)c(O)c1[N+](=O)[O-]. The summed E-state index contributed by atoms with van der Waals surface area (Å²) in [5, 5.41) is 41.2. The van der Waals surface area contributed by atoms with Crippen molar-refractivity contribution >= 4 is 17.1 Å². The molecule has 0 aliphatic heterocycles. The van der Waals surface area contributed by atoms with Crippen LogP contribution in [-0.2, 0) is 0 Å². The second-order valence-corrected chi connectivity index (χ2v) is 2.70. The lowest BCUT2D eigenvalue weighted by Gasteiger charge is -2.00. The summed E-state index contributed by atoms with van der Waals surface area (Å²) in [6, 6.07) is 1.73. The molecule has 10 nitrogen and oxygen atoms in total. The van der Waals surface area contributed by atoms with Gasteiger partial charge in [0, 0.05) is 0 Å². The summed E-state index contributed by atoms with van der Waals surface area (Å²) in [4.78, 5) is 29.1. The fourth-order valence-corrected chi connectivity index (χ4v) is 1.13. The van der Waals surface area contributed by atoms with Gasteiger partial charge in [0.1, 0.15) is 6.07 Å². The van der Waals surface area contributed by atoms with Crippen LogP contribution in [0, 0.1) is 36.5 Å². The maximum atomic E-state index is 10.6. The lowest BCUT2D eigenvalue weighted by Crippen LogP contribution is -1.99. The lowest BCUT2D eigenvalue weighted by molar-refractivity contribution is -0.395. The minimum atomic E-state index is -1.21. The molecule has 0 aromatic heterocycles. The molecule has 1 aromatic rings. The van der Waals surface area contributed by atoms with E-state index in [0.717, 1.165) is 0 Å². The minimum absolute atomic E-state index is 0.494. The molecule has 0 unspecified atom stereocenters. The van der Waals surface area contributed by atoms with Gasteiger partial charge in [0.2, 0.25) is 11.3 Å². The van der Waals surface area contributed by atoms with Crippen LogP contribution in [0.4, 0.5) is 17.1 Å². The van der Waals surface area contributed by atoms with Gasteiger partial charge in [-0.25, -0.2) is 0 Å². The summed E-state index contributed by atoms with van der Waals surface area (Å²) in [5.74, 6) is -1.17. The Morgan fingerprint density at radius 1 is 1.35 bits per heavy atom. The molecule has 0 atom stereocenters. The van der Waals surface area contributed by atoms with Gasteiger partial charge in [0.15, 0.2) is 5.69 Å². The molecule has 0 bridgehead atoms. The number of nitriles is 1. The first-order valence-electron chi connectivity index (χ1n) is 3.86. The topological polar surface area (TPSA) is 160 Å². The van der Waals surface area contributed by atoms with Gasteiger partial charge in [-0.05, 0) is 5.18 Å². The summed E-state index contributed by atoms with van der Waals surface area (Å²) in [6.45, 7) is 0. The number of hydrogen-bond acceptors (Lipinski definition) is 8. The minimum Gasteiger partial charge on any atom is -0.500 e. The van der Waals surface area contributed by atoms with Crippen molar-refractivity contribution in [2.75, 3.05) is 0 Å². The van der Waals surface area contributed by atoms with Crippen molar-refractivity contribution in [3.05, 3.63) is 36.8 Å². The molecule has 86 valence electrons. The van der Waals surface area contributed by atoms with E-state index in [1.807, 2.05) is 0 Å². The molecular formula is C7H2N4O6. The van der Waals surface area contributed by atoms with Gasteiger partial charge in [0.05, 0.1) is 15.9 Å². The molecule has 0 aliphatic carbocycles. The van der Waals surface area contributed by atoms with E-state index < -0.39 is 38.2 Å². The highest BCUT2D eigenvalue weighted by atomic mass is 16.6. The predicted octanol–water partition coefficient (Wildman–Crippen LogP) is 1.48. The maximum absolute atomic E-state index is 10.6. The molecule has 0 heterocycles. The van der Waals surface area contributed by atoms with Crippen LogP contribution in [-0.4, -0.2) is 15.0 Å². The number of rotatable bonds is 3. The van der Waals surface area contributed by atoms with E-state index >= 15 is 0 Å². The van der Waals surface area contributed by atoms with Crippen molar-refractivity contribution in [1.29, 1.82) is 5.26 Å². The highest BCUT2D eigenvalue weighted by Gasteiger charge is 2.32. The predicted molar refractivity (Wildman–Crippen MR) is 51.6 cm³/mol. The molecule has 0 spiro atoms. The highest BCUT2D eigenvalue weighted by Crippen LogP contribution is 2.43. The van der Waals surface area contributed by atoms with E-state index in [0.29, 0.717) is 6.07 Å². The first-order chi connectivity index (χ1) is 7.93. The third-order valence-electron chi connectivity index (χ3n) is 1.82. The third kappa shape index (κ3) is 1.84. The number of aromatic hydroxyl groups is 1. The van der Waals surface area contributed by atoms with E-state index in [2.05, 4.69) is 5.18 Å². The largest absolute Gasteiger partial charge is 0.500 e. The number of nitroso groups, excluding NO2 is 1. The van der Waals surface area contributed by atoms with Gasteiger partial charge in [-0.2, -0.15) is 5.26 Å². The summed E-state index contributed by atoms with van der Waals surface area (Å²) in [7, 11) is 0. The molecule has 0 amide bonds. The molecule has 0 saturated carbocycles. The van der Waals surface area contributed by atoms with Gasteiger partial charge in [-0.3, -0.25) is 20.2 Å². The normalized spacial score (nSPS) is 9.35. The van der Waals surface area contributed by atoms with Crippen LogP contribution in [0.1, 0.15) is 5.56 Å². The number of nitro groups is 2. The average molecular weight is 238 g/mol. The smallest absolute Gasteiger partial charge is 0.337 e.